The van der Waals surface area contributed by atoms with Crippen molar-refractivity contribution in [1.29, 1.82) is 0 Å². The van der Waals surface area contributed by atoms with Crippen LogP contribution in [-0.2, 0) is 5.41 Å². The highest BCUT2D eigenvalue weighted by atomic mass is 16.2. The number of hydrogen-bond donors (Lipinski definition) is 3. The Morgan fingerprint density at radius 3 is 2.64 bits per heavy atom. The maximum atomic E-state index is 12.3. The summed E-state index contributed by atoms with van der Waals surface area (Å²) in [6, 6.07) is 9.99. The first-order valence-corrected chi connectivity index (χ1v) is 9.78. The molecule has 0 saturated carbocycles. The minimum Gasteiger partial charge on any atom is -0.373 e. The van der Waals surface area contributed by atoms with E-state index in [-0.39, 0.29) is 17.5 Å². The highest BCUT2D eigenvalue weighted by Gasteiger charge is 2.26. The molecule has 1 saturated heterocycles. The van der Waals surface area contributed by atoms with E-state index in [1.54, 1.807) is 6.33 Å². The van der Waals surface area contributed by atoms with Crippen molar-refractivity contribution in [2.75, 3.05) is 35.7 Å². The zero-order chi connectivity index (χ0) is 20.1. The zero-order valence-electron chi connectivity index (χ0n) is 17.1. The lowest BCUT2D eigenvalue weighted by atomic mass is 9.87. The molecular formula is C21H30N6O. The second-order valence-corrected chi connectivity index (χ2v) is 8.16. The topological polar surface area (TPSA) is 82.2 Å². The van der Waals surface area contributed by atoms with Gasteiger partial charge in [0.1, 0.15) is 18.0 Å². The van der Waals surface area contributed by atoms with Crippen LogP contribution in [0.3, 0.4) is 0 Å². The van der Waals surface area contributed by atoms with Crippen LogP contribution >= 0.6 is 0 Å². The third-order valence-electron chi connectivity index (χ3n) is 5.09. The van der Waals surface area contributed by atoms with Crippen LogP contribution in [-0.4, -0.2) is 42.2 Å². The van der Waals surface area contributed by atoms with Gasteiger partial charge in [-0.2, -0.15) is 0 Å². The van der Waals surface area contributed by atoms with Crippen molar-refractivity contribution < 1.29 is 4.79 Å². The fraction of sp³-hybridized carbons (Fsp3) is 0.476. The van der Waals surface area contributed by atoms with E-state index in [2.05, 4.69) is 63.7 Å². The number of hydrogen-bond acceptors (Lipinski definition) is 5. The average Bonchev–Trinajstić information content (AvgIpc) is 3.15. The van der Waals surface area contributed by atoms with E-state index in [9.17, 15) is 4.79 Å². The summed E-state index contributed by atoms with van der Waals surface area (Å²) in [6.45, 7) is 8.03. The van der Waals surface area contributed by atoms with Crippen molar-refractivity contribution in [3.05, 3.63) is 42.2 Å². The molecule has 1 aliphatic heterocycles. The fourth-order valence-corrected chi connectivity index (χ4v) is 3.43. The predicted molar refractivity (Wildman–Crippen MR) is 114 cm³/mol. The third-order valence-corrected chi connectivity index (χ3v) is 5.09. The predicted octanol–water partition coefficient (Wildman–Crippen LogP) is 3.61. The molecule has 1 aromatic heterocycles. The molecular weight excluding hydrogens is 352 g/mol. The largest absolute Gasteiger partial charge is 0.373 e. The standard InChI is InChI=1S/C21H30N6O/c1-21(2,3)15-7-9-16(10-8-15)26-20(28)23-13-17-6-5-11-27(17)19-12-18(22-4)24-14-25-19/h7-10,12,14,17H,5-6,11,13H2,1-4H3,(H,22,24,25)(H2,23,26,28). The lowest BCUT2D eigenvalue weighted by Crippen LogP contribution is -2.42. The quantitative estimate of drug-likeness (QED) is 0.736. The number of carbonyl (C=O) groups is 1. The number of benzene rings is 1. The molecule has 0 bridgehead atoms. The molecule has 150 valence electrons. The van der Waals surface area contributed by atoms with Crippen molar-refractivity contribution >= 4 is 23.4 Å². The van der Waals surface area contributed by atoms with Crippen LogP contribution in [0.2, 0.25) is 0 Å². The van der Waals surface area contributed by atoms with Gasteiger partial charge in [0.15, 0.2) is 0 Å². The van der Waals surface area contributed by atoms with Crippen molar-refractivity contribution in [2.24, 2.45) is 0 Å². The van der Waals surface area contributed by atoms with Crippen molar-refractivity contribution in [1.82, 2.24) is 15.3 Å². The molecule has 2 amide bonds. The maximum Gasteiger partial charge on any atom is 0.319 e. The summed E-state index contributed by atoms with van der Waals surface area (Å²) in [7, 11) is 1.84. The SMILES string of the molecule is CNc1cc(N2CCCC2CNC(=O)Nc2ccc(C(C)(C)C)cc2)ncn1. The lowest BCUT2D eigenvalue weighted by Gasteiger charge is -2.26. The van der Waals surface area contributed by atoms with Gasteiger partial charge in [0.2, 0.25) is 0 Å². The van der Waals surface area contributed by atoms with Gasteiger partial charge in [0, 0.05) is 37.9 Å². The van der Waals surface area contributed by atoms with Crippen LogP contribution in [0, 0.1) is 0 Å². The van der Waals surface area contributed by atoms with E-state index in [1.165, 1.54) is 5.56 Å². The summed E-state index contributed by atoms with van der Waals surface area (Å²) >= 11 is 0. The van der Waals surface area contributed by atoms with Crippen LogP contribution in [0.4, 0.5) is 22.1 Å². The summed E-state index contributed by atoms with van der Waals surface area (Å²) in [5.41, 5.74) is 2.13. The molecule has 0 radical (unpaired) electrons. The summed E-state index contributed by atoms with van der Waals surface area (Å²) in [4.78, 5) is 23.1. The van der Waals surface area contributed by atoms with Crippen molar-refractivity contribution in [3.8, 4) is 0 Å². The lowest BCUT2D eigenvalue weighted by molar-refractivity contribution is 0.251. The van der Waals surface area contributed by atoms with Gasteiger partial charge in [-0.3, -0.25) is 0 Å². The number of rotatable bonds is 5. The summed E-state index contributed by atoms with van der Waals surface area (Å²) in [5.74, 6) is 1.68. The Labute approximate surface area is 167 Å². The van der Waals surface area contributed by atoms with Gasteiger partial charge in [-0.25, -0.2) is 14.8 Å². The molecule has 2 aromatic rings. The minimum atomic E-state index is -0.186. The Morgan fingerprint density at radius 1 is 1.21 bits per heavy atom. The van der Waals surface area contributed by atoms with E-state index in [4.69, 9.17) is 0 Å². The molecule has 1 aromatic carbocycles. The number of anilines is 3. The summed E-state index contributed by atoms with van der Waals surface area (Å²) in [5, 5.41) is 8.95. The normalized spacial score (nSPS) is 16.7. The molecule has 1 fully saturated rings. The van der Waals surface area contributed by atoms with Gasteiger partial charge >= 0.3 is 6.03 Å². The molecule has 0 spiro atoms. The van der Waals surface area contributed by atoms with Gasteiger partial charge in [-0.05, 0) is 36.0 Å². The Morgan fingerprint density at radius 2 is 1.96 bits per heavy atom. The number of nitrogens with zero attached hydrogens (tertiary/aromatic N) is 3. The molecule has 7 heteroatoms. The Hall–Kier alpha value is -2.83. The van der Waals surface area contributed by atoms with Crippen LogP contribution in [0.15, 0.2) is 36.7 Å². The molecule has 7 nitrogen and oxygen atoms in total. The molecule has 1 unspecified atom stereocenters. The molecule has 28 heavy (non-hydrogen) atoms. The highest BCUT2D eigenvalue weighted by Crippen LogP contribution is 2.25. The smallest absolute Gasteiger partial charge is 0.319 e. The second kappa shape index (κ2) is 8.46. The van der Waals surface area contributed by atoms with Crippen LogP contribution in [0.25, 0.3) is 0 Å². The van der Waals surface area contributed by atoms with E-state index in [1.807, 2.05) is 25.2 Å². The van der Waals surface area contributed by atoms with E-state index in [0.717, 1.165) is 36.7 Å². The molecule has 1 atom stereocenters. The van der Waals surface area contributed by atoms with E-state index >= 15 is 0 Å². The zero-order valence-corrected chi connectivity index (χ0v) is 17.1. The monoisotopic (exact) mass is 382 g/mol. The van der Waals surface area contributed by atoms with Crippen molar-refractivity contribution in [2.45, 2.75) is 45.1 Å². The molecule has 2 heterocycles. The maximum absolute atomic E-state index is 12.3. The van der Waals surface area contributed by atoms with Gasteiger partial charge in [-0.1, -0.05) is 32.9 Å². The fourth-order valence-electron chi connectivity index (χ4n) is 3.43. The molecule has 3 N–H and O–H groups in total. The Balaban J connectivity index is 1.55. The first-order valence-electron chi connectivity index (χ1n) is 9.78. The Kier molecular flexibility index (Phi) is 6.02. The van der Waals surface area contributed by atoms with Crippen LogP contribution in [0.1, 0.15) is 39.2 Å². The van der Waals surface area contributed by atoms with Gasteiger partial charge in [0.25, 0.3) is 0 Å². The van der Waals surface area contributed by atoms with E-state index < -0.39 is 0 Å². The van der Waals surface area contributed by atoms with Crippen LogP contribution < -0.4 is 20.9 Å². The number of carbonyl (C=O) groups excluding carboxylic acids is 1. The Bertz CT molecular complexity index is 799. The average molecular weight is 383 g/mol. The first-order chi connectivity index (χ1) is 13.4. The first kappa shape index (κ1) is 19.9. The molecule has 3 rings (SSSR count). The van der Waals surface area contributed by atoms with Gasteiger partial charge in [0.05, 0.1) is 0 Å². The third kappa shape index (κ3) is 4.91. The van der Waals surface area contributed by atoms with E-state index in [0.29, 0.717) is 6.54 Å². The van der Waals surface area contributed by atoms with Gasteiger partial charge < -0.3 is 20.9 Å². The number of nitrogens with one attached hydrogen (secondary N) is 3. The molecule has 1 aliphatic rings. The number of urea groups is 1. The van der Waals surface area contributed by atoms with Crippen LogP contribution in [0.5, 0.6) is 0 Å². The number of amides is 2. The summed E-state index contributed by atoms with van der Waals surface area (Å²) < 4.78 is 0. The molecule has 0 aliphatic carbocycles. The summed E-state index contributed by atoms with van der Waals surface area (Å²) in [6.07, 6.45) is 3.68. The number of aromatic nitrogens is 2. The highest BCUT2D eigenvalue weighted by molar-refractivity contribution is 5.89. The minimum absolute atomic E-state index is 0.0981. The van der Waals surface area contributed by atoms with Crippen molar-refractivity contribution in [3.63, 3.8) is 0 Å². The van der Waals surface area contributed by atoms with Gasteiger partial charge in [-0.15, -0.1) is 0 Å². The second-order valence-electron chi connectivity index (χ2n) is 8.16.